The maximum atomic E-state index is 10.2. The molecule has 1 aromatic carbocycles. The van der Waals surface area contributed by atoms with Crippen LogP contribution >= 0.6 is 10.6 Å². The van der Waals surface area contributed by atoms with Crippen molar-refractivity contribution < 1.29 is 9.11 Å². The van der Waals surface area contributed by atoms with E-state index in [9.17, 15) is 9.11 Å². The van der Waals surface area contributed by atoms with Gasteiger partial charge in [0.1, 0.15) is 5.03 Å². The van der Waals surface area contributed by atoms with Gasteiger partial charge >= 0.3 is 0 Å². The minimum atomic E-state index is -2.86. The lowest BCUT2D eigenvalue weighted by molar-refractivity contribution is 0.481. The standard InChI is InChI=1S/C14H17NO2S/c1-11-6-7-12(2)13(9-11)10-18(16,17)14-5-3-4-8-15-14/h3-9,16-17H,10H2,1-2H3. The minimum Gasteiger partial charge on any atom is -0.293 e. The summed E-state index contributed by atoms with van der Waals surface area (Å²) < 4.78 is 20.5. The summed E-state index contributed by atoms with van der Waals surface area (Å²) in [7, 11) is -2.86. The number of pyridine rings is 1. The zero-order valence-electron chi connectivity index (χ0n) is 10.5. The van der Waals surface area contributed by atoms with Crippen LogP contribution in [0.3, 0.4) is 0 Å². The lowest BCUT2D eigenvalue weighted by atomic mass is 10.1. The molecular weight excluding hydrogens is 246 g/mol. The van der Waals surface area contributed by atoms with Crippen LogP contribution in [0.15, 0.2) is 47.6 Å². The Morgan fingerprint density at radius 1 is 1.11 bits per heavy atom. The predicted molar refractivity (Wildman–Crippen MR) is 75.0 cm³/mol. The number of aryl methyl sites for hydroxylation is 2. The molecule has 0 unspecified atom stereocenters. The van der Waals surface area contributed by atoms with Gasteiger partial charge in [0.05, 0.1) is 5.75 Å². The molecule has 96 valence electrons. The second kappa shape index (κ2) is 5.10. The zero-order chi connectivity index (χ0) is 13.2. The van der Waals surface area contributed by atoms with Crippen molar-refractivity contribution in [2.24, 2.45) is 0 Å². The van der Waals surface area contributed by atoms with Gasteiger partial charge in [-0.25, -0.2) is 4.98 Å². The van der Waals surface area contributed by atoms with E-state index in [4.69, 9.17) is 0 Å². The van der Waals surface area contributed by atoms with Crippen LogP contribution in [0.1, 0.15) is 16.7 Å². The topological polar surface area (TPSA) is 53.4 Å². The highest BCUT2D eigenvalue weighted by Gasteiger charge is 2.18. The first-order valence-electron chi connectivity index (χ1n) is 5.72. The number of aromatic nitrogens is 1. The molecule has 1 aromatic heterocycles. The molecule has 3 nitrogen and oxygen atoms in total. The summed E-state index contributed by atoms with van der Waals surface area (Å²) >= 11 is 0. The van der Waals surface area contributed by atoms with E-state index in [1.165, 1.54) is 0 Å². The molecule has 0 aliphatic rings. The number of hydrogen-bond acceptors (Lipinski definition) is 3. The summed E-state index contributed by atoms with van der Waals surface area (Å²) in [4.78, 5) is 4.04. The molecule has 0 aliphatic heterocycles. The van der Waals surface area contributed by atoms with E-state index in [1.54, 1.807) is 24.4 Å². The molecule has 0 saturated carbocycles. The number of hydrogen-bond donors (Lipinski definition) is 2. The van der Waals surface area contributed by atoms with Crippen LogP contribution in [0.5, 0.6) is 0 Å². The summed E-state index contributed by atoms with van der Waals surface area (Å²) in [5.74, 6) is 0.220. The van der Waals surface area contributed by atoms with Gasteiger partial charge in [0.2, 0.25) is 0 Å². The average molecular weight is 263 g/mol. The summed E-state index contributed by atoms with van der Waals surface area (Å²) in [6.07, 6.45) is 1.58. The van der Waals surface area contributed by atoms with Gasteiger partial charge in [-0.3, -0.25) is 9.11 Å². The molecule has 4 heteroatoms. The molecule has 0 saturated heterocycles. The predicted octanol–water partition coefficient (Wildman–Crippen LogP) is 4.01. The molecule has 0 radical (unpaired) electrons. The van der Waals surface area contributed by atoms with Gasteiger partial charge in [-0.05, 0) is 37.1 Å². The smallest absolute Gasteiger partial charge is 0.146 e. The molecule has 0 bridgehead atoms. The molecule has 18 heavy (non-hydrogen) atoms. The first-order valence-corrected chi connectivity index (χ1v) is 7.44. The van der Waals surface area contributed by atoms with Crippen LogP contribution in [-0.2, 0) is 5.75 Å². The van der Waals surface area contributed by atoms with Crippen molar-refractivity contribution in [1.29, 1.82) is 0 Å². The van der Waals surface area contributed by atoms with Gasteiger partial charge in [-0.2, -0.15) is 0 Å². The van der Waals surface area contributed by atoms with Gasteiger partial charge in [-0.1, -0.05) is 29.8 Å². The highest BCUT2D eigenvalue weighted by atomic mass is 32.3. The number of benzene rings is 1. The number of rotatable bonds is 3. The quantitative estimate of drug-likeness (QED) is 0.879. The van der Waals surface area contributed by atoms with Crippen LogP contribution in [-0.4, -0.2) is 14.1 Å². The molecular formula is C14H17NO2S. The lowest BCUT2D eigenvalue weighted by Crippen LogP contribution is -2.05. The third kappa shape index (κ3) is 2.90. The fraction of sp³-hybridized carbons (Fsp3) is 0.214. The van der Waals surface area contributed by atoms with Gasteiger partial charge in [-0.15, -0.1) is 10.6 Å². The fourth-order valence-corrected chi connectivity index (χ4v) is 3.21. The lowest BCUT2D eigenvalue weighted by Gasteiger charge is -2.31. The average Bonchev–Trinajstić information content (AvgIpc) is 2.35. The van der Waals surface area contributed by atoms with Crippen LogP contribution in [0.2, 0.25) is 0 Å². The van der Waals surface area contributed by atoms with Gasteiger partial charge in [0.25, 0.3) is 0 Å². The fourth-order valence-electron chi connectivity index (χ4n) is 1.79. The summed E-state index contributed by atoms with van der Waals surface area (Å²) in [6, 6.07) is 11.2. The largest absolute Gasteiger partial charge is 0.293 e. The first-order chi connectivity index (χ1) is 8.49. The Hall–Kier alpha value is -1.36. The van der Waals surface area contributed by atoms with Crippen LogP contribution in [0.4, 0.5) is 0 Å². The van der Waals surface area contributed by atoms with Crippen molar-refractivity contribution in [1.82, 2.24) is 4.98 Å². The highest BCUT2D eigenvalue weighted by Crippen LogP contribution is 2.49. The molecule has 2 aromatic rings. The summed E-state index contributed by atoms with van der Waals surface area (Å²) in [5, 5.41) is 0.353. The second-order valence-electron chi connectivity index (χ2n) is 4.41. The summed E-state index contributed by atoms with van der Waals surface area (Å²) in [5.41, 5.74) is 3.14. The zero-order valence-corrected chi connectivity index (χ0v) is 11.3. The van der Waals surface area contributed by atoms with Crippen molar-refractivity contribution in [2.45, 2.75) is 24.6 Å². The third-order valence-electron chi connectivity index (χ3n) is 2.83. The molecule has 0 aliphatic carbocycles. The van der Waals surface area contributed by atoms with E-state index in [2.05, 4.69) is 4.98 Å². The molecule has 2 N–H and O–H groups in total. The Bertz CT molecular complexity index is 541. The van der Waals surface area contributed by atoms with E-state index in [0.717, 1.165) is 16.7 Å². The molecule has 0 atom stereocenters. The molecule has 0 fully saturated rings. The van der Waals surface area contributed by atoms with Gasteiger partial charge in [0.15, 0.2) is 0 Å². The Labute approximate surface area is 109 Å². The Kier molecular flexibility index (Phi) is 3.71. The Morgan fingerprint density at radius 3 is 2.56 bits per heavy atom. The maximum absolute atomic E-state index is 10.2. The van der Waals surface area contributed by atoms with Gasteiger partial charge < -0.3 is 0 Å². The third-order valence-corrected chi connectivity index (χ3v) is 4.46. The summed E-state index contributed by atoms with van der Waals surface area (Å²) in [6.45, 7) is 3.97. The molecule has 2 rings (SSSR count). The number of nitrogens with zero attached hydrogens (tertiary/aromatic N) is 1. The Balaban J connectivity index is 2.30. The Morgan fingerprint density at radius 2 is 1.89 bits per heavy atom. The van der Waals surface area contributed by atoms with E-state index in [1.807, 2.05) is 32.0 Å². The first kappa shape index (κ1) is 13.1. The van der Waals surface area contributed by atoms with Crippen molar-refractivity contribution >= 4 is 10.6 Å². The second-order valence-corrected chi connectivity index (χ2v) is 6.45. The van der Waals surface area contributed by atoms with E-state index < -0.39 is 10.6 Å². The van der Waals surface area contributed by atoms with Crippen LogP contribution in [0, 0.1) is 13.8 Å². The van der Waals surface area contributed by atoms with E-state index in [0.29, 0.717) is 5.03 Å². The minimum absolute atomic E-state index is 0.220. The van der Waals surface area contributed by atoms with Gasteiger partial charge in [0, 0.05) is 6.20 Å². The normalized spacial score (nSPS) is 12.4. The van der Waals surface area contributed by atoms with E-state index in [-0.39, 0.29) is 5.75 Å². The van der Waals surface area contributed by atoms with Crippen LogP contribution < -0.4 is 0 Å². The van der Waals surface area contributed by atoms with Crippen molar-refractivity contribution in [3.63, 3.8) is 0 Å². The van der Waals surface area contributed by atoms with Crippen molar-refractivity contribution in [2.75, 3.05) is 0 Å². The van der Waals surface area contributed by atoms with E-state index >= 15 is 0 Å². The van der Waals surface area contributed by atoms with Crippen molar-refractivity contribution in [3.8, 4) is 0 Å². The molecule has 0 spiro atoms. The van der Waals surface area contributed by atoms with Crippen LogP contribution in [0.25, 0.3) is 0 Å². The SMILES string of the molecule is Cc1ccc(C)c(CS(O)(O)c2ccccn2)c1. The monoisotopic (exact) mass is 263 g/mol. The molecule has 1 heterocycles. The highest BCUT2D eigenvalue weighted by molar-refractivity contribution is 8.23. The maximum Gasteiger partial charge on any atom is 0.146 e. The van der Waals surface area contributed by atoms with Crippen molar-refractivity contribution in [3.05, 3.63) is 59.3 Å². The molecule has 0 amide bonds.